The number of nitrogens with one attached hydrogen (secondary N) is 1. The number of anilines is 1. The second-order valence-electron chi connectivity index (χ2n) is 6.14. The average Bonchev–Trinajstić information content (AvgIpc) is 2.89. The third-order valence-electron chi connectivity index (χ3n) is 4.56. The van der Waals surface area contributed by atoms with Gasteiger partial charge in [0.25, 0.3) is 0 Å². The molecule has 1 atom stereocenters. The first kappa shape index (κ1) is 16.8. The van der Waals surface area contributed by atoms with Crippen molar-refractivity contribution in [1.29, 1.82) is 0 Å². The number of para-hydroxylation sites is 1. The fraction of sp³-hybridized carbons (Fsp3) is 0.500. The van der Waals surface area contributed by atoms with Crippen molar-refractivity contribution in [2.45, 2.75) is 30.8 Å². The monoisotopic (exact) mass is 339 g/mol. The van der Waals surface area contributed by atoms with Crippen LogP contribution < -0.4 is 16.0 Å². The maximum absolute atomic E-state index is 13.9. The third kappa shape index (κ3) is 2.99. The molecule has 1 aromatic carbocycles. The molecule has 2 fully saturated rings. The molecule has 24 heavy (non-hydrogen) atoms. The number of carbonyl (C=O) groups excluding carboxylic acids is 2. The number of hydrogen-bond acceptors (Lipinski definition) is 4. The van der Waals surface area contributed by atoms with E-state index in [1.165, 1.54) is 6.07 Å². The highest BCUT2D eigenvalue weighted by atomic mass is 19.1. The van der Waals surface area contributed by atoms with Gasteiger partial charge < -0.3 is 20.7 Å². The van der Waals surface area contributed by atoms with Gasteiger partial charge in [-0.15, -0.1) is 0 Å². The van der Waals surface area contributed by atoms with Gasteiger partial charge in [-0.1, -0.05) is 6.07 Å². The quantitative estimate of drug-likeness (QED) is 0.849. The van der Waals surface area contributed by atoms with E-state index < -0.39 is 35.0 Å². The minimum Gasteiger partial charge on any atom is -0.381 e. The van der Waals surface area contributed by atoms with Crippen LogP contribution in [0.2, 0.25) is 0 Å². The number of rotatable bonds is 3. The Balaban J connectivity index is 1.71. The van der Waals surface area contributed by atoms with E-state index in [0.717, 1.165) is 17.0 Å². The minimum atomic E-state index is -1.07. The van der Waals surface area contributed by atoms with Gasteiger partial charge in [0.1, 0.15) is 23.4 Å². The molecular weight excluding hydrogens is 320 g/mol. The SMILES string of the molecule is NC1(C(=O)NC2CCN(c3c(F)cccc3F)C2=O)CCOCC1. The van der Waals surface area contributed by atoms with E-state index in [4.69, 9.17) is 10.5 Å². The van der Waals surface area contributed by atoms with E-state index in [1.807, 2.05) is 0 Å². The highest BCUT2D eigenvalue weighted by molar-refractivity contribution is 6.02. The zero-order valence-corrected chi connectivity index (χ0v) is 13.1. The molecule has 2 saturated heterocycles. The number of amides is 2. The summed E-state index contributed by atoms with van der Waals surface area (Å²) in [6.07, 6.45) is 1.00. The van der Waals surface area contributed by atoms with Crippen LogP contribution in [0.4, 0.5) is 14.5 Å². The summed E-state index contributed by atoms with van der Waals surface area (Å²) in [4.78, 5) is 25.9. The molecule has 0 aliphatic carbocycles. The lowest BCUT2D eigenvalue weighted by Gasteiger charge is -2.32. The second kappa shape index (κ2) is 6.45. The molecule has 2 aliphatic heterocycles. The molecular formula is C16H19F2N3O3. The van der Waals surface area contributed by atoms with Gasteiger partial charge in [-0.3, -0.25) is 9.59 Å². The van der Waals surface area contributed by atoms with Crippen LogP contribution in [0.1, 0.15) is 19.3 Å². The number of nitrogens with zero attached hydrogens (tertiary/aromatic N) is 1. The molecule has 0 spiro atoms. The van der Waals surface area contributed by atoms with Gasteiger partial charge in [0.05, 0.1) is 5.54 Å². The van der Waals surface area contributed by atoms with Crippen LogP contribution in [-0.4, -0.2) is 43.2 Å². The summed E-state index contributed by atoms with van der Waals surface area (Å²) in [5, 5.41) is 2.62. The Morgan fingerprint density at radius 3 is 2.54 bits per heavy atom. The van der Waals surface area contributed by atoms with Crippen molar-refractivity contribution in [1.82, 2.24) is 5.32 Å². The molecule has 2 aliphatic rings. The van der Waals surface area contributed by atoms with E-state index in [0.29, 0.717) is 26.1 Å². The van der Waals surface area contributed by atoms with Crippen molar-refractivity contribution in [3.8, 4) is 0 Å². The van der Waals surface area contributed by atoms with Crippen molar-refractivity contribution in [3.63, 3.8) is 0 Å². The third-order valence-corrected chi connectivity index (χ3v) is 4.56. The van der Waals surface area contributed by atoms with E-state index in [1.54, 1.807) is 0 Å². The van der Waals surface area contributed by atoms with Gasteiger partial charge in [0, 0.05) is 19.8 Å². The predicted octanol–water partition coefficient (Wildman–Crippen LogP) is 0.694. The Morgan fingerprint density at radius 1 is 1.29 bits per heavy atom. The van der Waals surface area contributed by atoms with Gasteiger partial charge >= 0.3 is 0 Å². The fourth-order valence-corrected chi connectivity index (χ4v) is 3.05. The van der Waals surface area contributed by atoms with Crippen LogP contribution in [-0.2, 0) is 14.3 Å². The topological polar surface area (TPSA) is 84.7 Å². The first-order valence-electron chi connectivity index (χ1n) is 7.85. The maximum atomic E-state index is 13.9. The molecule has 0 bridgehead atoms. The van der Waals surface area contributed by atoms with Crippen molar-refractivity contribution in [2.24, 2.45) is 5.73 Å². The lowest BCUT2D eigenvalue weighted by Crippen LogP contribution is -2.59. The minimum absolute atomic E-state index is 0.127. The lowest BCUT2D eigenvalue weighted by molar-refractivity contribution is -0.132. The smallest absolute Gasteiger partial charge is 0.249 e. The Morgan fingerprint density at radius 2 is 1.92 bits per heavy atom. The molecule has 3 rings (SSSR count). The molecule has 1 unspecified atom stereocenters. The largest absolute Gasteiger partial charge is 0.381 e. The van der Waals surface area contributed by atoms with Gasteiger partial charge in [-0.05, 0) is 31.4 Å². The molecule has 6 nitrogen and oxygen atoms in total. The molecule has 1 aromatic rings. The van der Waals surface area contributed by atoms with Crippen LogP contribution in [0.3, 0.4) is 0 Å². The molecule has 2 heterocycles. The second-order valence-corrected chi connectivity index (χ2v) is 6.14. The van der Waals surface area contributed by atoms with Crippen LogP contribution in [0.15, 0.2) is 18.2 Å². The van der Waals surface area contributed by atoms with Gasteiger partial charge in [0.15, 0.2) is 0 Å². The summed E-state index contributed by atoms with van der Waals surface area (Å²) in [6.45, 7) is 0.895. The summed E-state index contributed by atoms with van der Waals surface area (Å²) >= 11 is 0. The lowest BCUT2D eigenvalue weighted by atomic mass is 9.90. The predicted molar refractivity (Wildman–Crippen MR) is 82.2 cm³/mol. The average molecular weight is 339 g/mol. The molecule has 8 heteroatoms. The maximum Gasteiger partial charge on any atom is 0.249 e. The number of nitrogens with two attached hydrogens (primary N) is 1. The van der Waals surface area contributed by atoms with Gasteiger partial charge in [-0.25, -0.2) is 8.78 Å². The van der Waals surface area contributed by atoms with Gasteiger partial charge in [-0.2, -0.15) is 0 Å². The van der Waals surface area contributed by atoms with Crippen LogP contribution >= 0.6 is 0 Å². The number of carbonyl (C=O) groups is 2. The molecule has 2 amide bonds. The summed E-state index contributed by atoms with van der Waals surface area (Å²) in [5.41, 5.74) is 4.63. The van der Waals surface area contributed by atoms with Gasteiger partial charge in [0.2, 0.25) is 11.8 Å². The number of ether oxygens (including phenoxy) is 1. The van der Waals surface area contributed by atoms with Crippen molar-refractivity contribution >= 4 is 17.5 Å². The van der Waals surface area contributed by atoms with E-state index >= 15 is 0 Å². The Hall–Kier alpha value is -2.06. The first-order valence-corrected chi connectivity index (χ1v) is 7.85. The molecule has 0 aromatic heterocycles. The molecule has 3 N–H and O–H groups in total. The number of benzene rings is 1. The van der Waals surface area contributed by atoms with Crippen molar-refractivity contribution < 1.29 is 23.1 Å². The van der Waals surface area contributed by atoms with E-state index in [2.05, 4.69) is 5.32 Å². The summed E-state index contributed by atoms with van der Waals surface area (Å²) < 4.78 is 32.9. The summed E-state index contributed by atoms with van der Waals surface area (Å²) in [5.74, 6) is -2.59. The Bertz CT molecular complexity index is 642. The normalized spacial score (nSPS) is 23.4. The highest BCUT2D eigenvalue weighted by Crippen LogP contribution is 2.28. The standard InChI is InChI=1S/C16H19F2N3O3/c17-10-2-1-3-11(18)13(10)21-7-4-12(14(21)22)20-15(23)16(19)5-8-24-9-6-16/h1-3,12H,4-9,19H2,(H,20,23). The fourth-order valence-electron chi connectivity index (χ4n) is 3.05. The molecule has 130 valence electrons. The Labute approximate surface area is 137 Å². The highest BCUT2D eigenvalue weighted by Gasteiger charge is 2.41. The summed E-state index contributed by atoms with van der Waals surface area (Å²) in [7, 11) is 0. The van der Waals surface area contributed by atoms with Crippen LogP contribution in [0, 0.1) is 11.6 Å². The zero-order chi connectivity index (χ0) is 17.3. The number of hydrogen-bond donors (Lipinski definition) is 2. The van der Waals surface area contributed by atoms with Crippen molar-refractivity contribution in [2.75, 3.05) is 24.7 Å². The van der Waals surface area contributed by atoms with E-state index in [-0.39, 0.29) is 18.7 Å². The first-order chi connectivity index (χ1) is 11.4. The molecule has 0 radical (unpaired) electrons. The van der Waals surface area contributed by atoms with Crippen LogP contribution in [0.25, 0.3) is 0 Å². The zero-order valence-electron chi connectivity index (χ0n) is 13.1. The summed E-state index contributed by atoms with van der Waals surface area (Å²) in [6, 6.07) is 2.58. The Kier molecular flexibility index (Phi) is 4.51. The van der Waals surface area contributed by atoms with Crippen LogP contribution in [0.5, 0.6) is 0 Å². The van der Waals surface area contributed by atoms with E-state index in [9.17, 15) is 18.4 Å². The van der Waals surface area contributed by atoms with Crippen molar-refractivity contribution in [3.05, 3.63) is 29.8 Å². The molecule has 0 saturated carbocycles. The number of halogens is 2.